The molecular formula is C7H15N3O2. The van der Waals surface area contributed by atoms with Gasteiger partial charge in [-0.15, -0.1) is 0 Å². The molecule has 70 valence electrons. The van der Waals surface area contributed by atoms with E-state index in [1.54, 1.807) is 0 Å². The molecule has 0 spiro atoms. The van der Waals surface area contributed by atoms with Crippen LogP contribution in [0.1, 0.15) is 19.3 Å². The molecule has 0 aromatic carbocycles. The lowest BCUT2D eigenvalue weighted by Crippen LogP contribution is -2.29. The molecule has 5 N–H and O–H groups in total. The van der Waals surface area contributed by atoms with E-state index in [4.69, 9.17) is 11.5 Å². The van der Waals surface area contributed by atoms with Crippen molar-refractivity contribution in [1.29, 1.82) is 0 Å². The summed E-state index contributed by atoms with van der Waals surface area (Å²) in [4.78, 5) is 20.5. The zero-order valence-corrected chi connectivity index (χ0v) is 7.01. The zero-order chi connectivity index (χ0) is 9.40. The van der Waals surface area contributed by atoms with Crippen molar-refractivity contribution < 1.29 is 9.59 Å². The molecule has 0 aliphatic carbocycles. The van der Waals surface area contributed by atoms with Crippen LogP contribution >= 0.6 is 0 Å². The average Bonchev–Trinajstić information content (AvgIpc) is 1.95. The van der Waals surface area contributed by atoms with Crippen LogP contribution < -0.4 is 16.8 Å². The maximum atomic E-state index is 10.3. The maximum absolute atomic E-state index is 10.3. The normalized spacial score (nSPS) is 9.67. The molecule has 0 aromatic rings. The van der Waals surface area contributed by atoms with E-state index in [1.165, 1.54) is 0 Å². The van der Waals surface area contributed by atoms with Crippen LogP contribution in [0.25, 0.3) is 0 Å². The summed E-state index contributed by atoms with van der Waals surface area (Å²) < 4.78 is 0. The molecule has 0 rings (SSSR count). The van der Waals surface area contributed by atoms with Crippen LogP contribution in [-0.2, 0) is 9.59 Å². The largest absolute Gasteiger partial charge is 0.370 e. The van der Waals surface area contributed by atoms with E-state index in [2.05, 4.69) is 5.32 Å². The van der Waals surface area contributed by atoms with Gasteiger partial charge >= 0.3 is 0 Å². The average molecular weight is 173 g/mol. The Morgan fingerprint density at radius 2 is 1.75 bits per heavy atom. The lowest BCUT2D eigenvalue weighted by Gasteiger charge is -2.00. The van der Waals surface area contributed by atoms with Crippen molar-refractivity contribution in [2.45, 2.75) is 19.3 Å². The minimum absolute atomic E-state index is 0.191. The van der Waals surface area contributed by atoms with Crippen molar-refractivity contribution in [2.75, 3.05) is 13.1 Å². The molecule has 0 radical (unpaired) electrons. The van der Waals surface area contributed by atoms with E-state index in [9.17, 15) is 9.59 Å². The highest BCUT2D eigenvalue weighted by molar-refractivity contribution is 5.75. The van der Waals surface area contributed by atoms with Crippen LogP contribution in [0, 0.1) is 0 Å². The Morgan fingerprint density at radius 1 is 1.08 bits per heavy atom. The fourth-order valence-corrected chi connectivity index (χ4v) is 0.761. The Hall–Kier alpha value is -1.10. The summed E-state index contributed by atoms with van der Waals surface area (Å²) >= 11 is 0. The maximum Gasteiger partial charge on any atom is 0.231 e. The lowest BCUT2D eigenvalue weighted by atomic mass is 10.2. The van der Waals surface area contributed by atoms with Crippen LogP contribution in [0.4, 0.5) is 0 Å². The second-order valence-electron chi connectivity index (χ2n) is 2.57. The standard InChI is InChI=1S/C7H15N3O2/c8-6(11)3-1-2-4-10-5-7(9)12/h10H,1-5H2,(H2,8,11)(H2,9,12). The Labute approximate surface area is 71.5 Å². The van der Waals surface area contributed by atoms with Gasteiger partial charge in [0.25, 0.3) is 0 Å². The van der Waals surface area contributed by atoms with Crippen molar-refractivity contribution in [3.63, 3.8) is 0 Å². The summed E-state index contributed by atoms with van der Waals surface area (Å²) in [7, 11) is 0. The van der Waals surface area contributed by atoms with E-state index >= 15 is 0 Å². The fourth-order valence-electron chi connectivity index (χ4n) is 0.761. The van der Waals surface area contributed by atoms with Gasteiger partial charge < -0.3 is 16.8 Å². The fraction of sp³-hybridized carbons (Fsp3) is 0.714. The smallest absolute Gasteiger partial charge is 0.231 e. The van der Waals surface area contributed by atoms with Gasteiger partial charge in [0.1, 0.15) is 0 Å². The highest BCUT2D eigenvalue weighted by atomic mass is 16.1. The molecule has 0 aliphatic heterocycles. The monoisotopic (exact) mass is 173 g/mol. The number of primary amides is 2. The van der Waals surface area contributed by atoms with Gasteiger partial charge in [0.05, 0.1) is 6.54 Å². The van der Waals surface area contributed by atoms with Crippen molar-refractivity contribution in [2.24, 2.45) is 11.5 Å². The summed E-state index contributed by atoms with van der Waals surface area (Å²) in [6.45, 7) is 0.882. The molecule has 12 heavy (non-hydrogen) atoms. The predicted octanol–water partition coefficient (Wildman–Crippen LogP) is -1.28. The van der Waals surface area contributed by atoms with Crippen molar-refractivity contribution in [3.05, 3.63) is 0 Å². The van der Waals surface area contributed by atoms with Gasteiger partial charge in [0.15, 0.2) is 0 Å². The Bertz CT molecular complexity index is 141. The van der Waals surface area contributed by atoms with E-state index in [1.807, 2.05) is 0 Å². The van der Waals surface area contributed by atoms with Crippen molar-refractivity contribution in [3.8, 4) is 0 Å². The Balaban J connectivity index is 3.01. The van der Waals surface area contributed by atoms with Gasteiger partial charge in [0, 0.05) is 6.42 Å². The minimum Gasteiger partial charge on any atom is -0.370 e. The number of unbranched alkanes of at least 4 members (excludes halogenated alkanes) is 1. The minimum atomic E-state index is -0.370. The second kappa shape index (κ2) is 6.60. The molecule has 0 heterocycles. The highest BCUT2D eigenvalue weighted by Gasteiger charge is 1.95. The van der Waals surface area contributed by atoms with Crippen LogP contribution in [0.5, 0.6) is 0 Å². The SMILES string of the molecule is NC(=O)CCCCNCC(N)=O. The Morgan fingerprint density at radius 3 is 2.25 bits per heavy atom. The number of nitrogens with two attached hydrogens (primary N) is 2. The third kappa shape index (κ3) is 8.90. The second-order valence-corrected chi connectivity index (χ2v) is 2.57. The van der Waals surface area contributed by atoms with Crippen molar-refractivity contribution >= 4 is 11.8 Å². The molecule has 0 atom stereocenters. The van der Waals surface area contributed by atoms with Crippen LogP contribution in [0.2, 0.25) is 0 Å². The van der Waals surface area contributed by atoms with Gasteiger partial charge in [-0.3, -0.25) is 9.59 Å². The first kappa shape index (κ1) is 10.9. The number of nitrogens with one attached hydrogen (secondary N) is 1. The molecular weight excluding hydrogens is 158 g/mol. The van der Waals surface area contributed by atoms with Crippen LogP contribution in [0.3, 0.4) is 0 Å². The molecule has 0 fully saturated rings. The molecule has 0 unspecified atom stereocenters. The highest BCUT2D eigenvalue weighted by Crippen LogP contribution is 1.91. The number of amides is 2. The quantitative estimate of drug-likeness (QED) is 0.418. The van der Waals surface area contributed by atoms with Crippen LogP contribution in [-0.4, -0.2) is 24.9 Å². The third-order valence-electron chi connectivity index (χ3n) is 1.33. The summed E-state index contributed by atoms with van der Waals surface area (Å²) in [5, 5.41) is 2.83. The number of carbonyl (C=O) groups excluding carboxylic acids is 2. The first-order valence-electron chi connectivity index (χ1n) is 3.90. The Kier molecular flexibility index (Phi) is 6.00. The molecule has 0 bridgehead atoms. The van der Waals surface area contributed by atoms with Gasteiger partial charge in [-0.25, -0.2) is 0 Å². The topological polar surface area (TPSA) is 98.2 Å². The third-order valence-corrected chi connectivity index (χ3v) is 1.33. The van der Waals surface area contributed by atoms with E-state index in [-0.39, 0.29) is 18.4 Å². The molecule has 2 amide bonds. The van der Waals surface area contributed by atoms with E-state index < -0.39 is 0 Å². The zero-order valence-electron chi connectivity index (χ0n) is 7.01. The molecule has 0 aromatic heterocycles. The lowest BCUT2D eigenvalue weighted by molar-refractivity contribution is -0.118. The summed E-state index contributed by atoms with van der Waals surface area (Å²) in [6, 6.07) is 0. The molecule has 0 saturated carbocycles. The van der Waals surface area contributed by atoms with Gasteiger partial charge in [-0.1, -0.05) is 0 Å². The summed E-state index contributed by atoms with van der Waals surface area (Å²) in [5.74, 6) is -0.658. The predicted molar refractivity (Wildman–Crippen MR) is 45.1 cm³/mol. The van der Waals surface area contributed by atoms with Gasteiger partial charge in [0.2, 0.25) is 11.8 Å². The van der Waals surface area contributed by atoms with Gasteiger partial charge in [-0.2, -0.15) is 0 Å². The molecule has 5 heteroatoms. The van der Waals surface area contributed by atoms with Crippen molar-refractivity contribution in [1.82, 2.24) is 5.32 Å². The van der Waals surface area contributed by atoms with E-state index in [0.717, 1.165) is 12.8 Å². The first-order chi connectivity index (χ1) is 5.63. The molecule has 0 saturated heterocycles. The number of hydrogen-bond donors (Lipinski definition) is 3. The molecule has 0 aliphatic rings. The van der Waals surface area contributed by atoms with Gasteiger partial charge in [-0.05, 0) is 19.4 Å². The molecule has 5 nitrogen and oxygen atoms in total. The first-order valence-corrected chi connectivity index (χ1v) is 3.90. The summed E-state index contributed by atoms with van der Waals surface area (Å²) in [5.41, 5.74) is 9.80. The number of carbonyl (C=O) groups is 2. The van der Waals surface area contributed by atoms with E-state index in [0.29, 0.717) is 13.0 Å². The van der Waals surface area contributed by atoms with Crippen LogP contribution in [0.15, 0.2) is 0 Å². The summed E-state index contributed by atoms with van der Waals surface area (Å²) in [6.07, 6.45) is 1.98. The number of rotatable bonds is 7. The number of hydrogen-bond acceptors (Lipinski definition) is 3.